The van der Waals surface area contributed by atoms with Crippen LogP contribution in [-0.4, -0.2) is 19.8 Å². The summed E-state index contributed by atoms with van der Waals surface area (Å²) in [6.45, 7) is 11.1. The van der Waals surface area contributed by atoms with E-state index in [2.05, 4.69) is 266 Å². The van der Waals surface area contributed by atoms with E-state index < -0.39 is 0 Å². The number of benzene rings is 10. The molecule has 0 amide bonds. The number of hydrogen-bond donors (Lipinski definition) is 0. The number of para-hydroxylation sites is 2. The normalized spacial score (nSPS) is 13.0. The maximum atomic E-state index is 5.59. The molecule has 0 aliphatic heterocycles. The number of pyridine rings is 1. The fraction of sp³-hybridized carbons (Fsp3) is 0.0286. The van der Waals surface area contributed by atoms with Crippen molar-refractivity contribution in [2.75, 3.05) is 0 Å². The van der Waals surface area contributed by atoms with Gasteiger partial charge in [-0.3, -0.25) is 0 Å². The second-order valence-corrected chi connectivity index (χ2v) is 18.9. The molecule has 0 atom stereocenters. The highest BCUT2D eigenvalue weighted by Gasteiger charge is 2.22. The van der Waals surface area contributed by atoms with Crippen molar-refractivity contribution in [3.63, 3.8) is 0 Å². The third-order valence-corrected chi connectivity index (χ3v) is 14.8. The van der Waals surface area contributed by atoms with E-state index in [4.69, 9.17) is 9.98 Å². The minimum atomic E-state index is 0.560. The molecule has 350 valence electrons. The molecule has 3 aromatic heterocycles. The largest absolute Gasteiger partial charge is 0.336 e. The Morgan fingerprint density at radius 1 is 0.527 bits per heavy atom. The molecular weight excluding hydrogens is 897 g/mol. The second-order valence-electron chi connectivity index (χ2n) is 18.9. The summed E-state index contributed by atoms with van der Waals surface area (Å²) in [7, 11) is 0. The zero-order chi connectivity index (χ0) is 49.7. The van der Waals surface area contributed by atoms with Crippen LogP contribution >= 0.6 is 0 Å². The summed E-state index contributed by atoms with van der Waals surface area (Å²) >= 11 is 0. The number of aromatic nitrogens is 3. The smallest absolute Gasteiger partial charge is 0.0736 e. The van der Waals surface area contributed by atoms with Gasteiger partial charge in [0.15, 0.2) is 0 Å². The van der Waals surface area contributed by atoms with Gasteiger partial charge in [0.05, 0.1) is 45.0 Å². The van der Waals surface area contributed by atoms with Gasteiger partial charge in [-0.15, -0.1) is 0 Å². The quantitative estimate of drug-likeness (QED) is 0.126. The molecule has 10 aromatic carbocycles. The summed E-state index contributed by atoms with van der Waals surface area (Å²) in [6.07, 6.45) is 8.13. The molecule has 0 aliphatic rings. The molecule has 0 saturated heterocycles. The van der Waals surface area contributed by atoms with Gasteiger partial charge in [-0.25, -0.2) is 9.98 Å². The van der Waals surface area contributed by atoms with E-state index in [1.165, 1.54) is 32.4 Å². The van der Waals surface area contributed by atoms with E-state index in [1.807, 2.05) is 12.2 Å². The molecule has 13 rings (SSSR count). The third kappa shape index (κ3) is 7.46. The Hall–Kier alpha value is -9.64. The number of aliphatic imine (C=N–C) groups is 1. The van der Waals surface area contributed by atoms with E-state index in [1.54, 1.807) is 0 Å². The SMILES string of the molecule is C=C/C=c1/cccc/c1=C(/C)c1cc(-n2c3ccccc3c3c4c(ccc32)c2ccccc2n4C/C=C(\N=C(C=C)c2cccc3ccccc23)c2cccc3ccccc23)cc(-c2cccc3ccccc23)n1. The number of fused-ring (bicyclic) bond motifs is 10. The molecule has 0 aliphatic carbocycles. The molecule has 4 heteroatoms. The molecule has 0 bridgehead atoms. The molecule has 3 heterocycles. The van der Waals surface area contributed by atoms with Crippen LogP contribution in [-0.2, 0) is 6.54 Å². The Morgan fingerprint density at radius 2 is 1.12 bits per heavy atom. The van der Waals surface area contributed by atoms with Crippen LogP contribution < -0.4 is 10.4 Å². The van der Waals surface area contributed by atoms with Crippen molar-refractivity contribution in [3.8, 4) is 16.9 Å². The molecule has 0 fully saturated rings. The summed E-state index contributed by atoms with van der Waals surface area (Å²) in [5, 5.41) is 13.9. The lowest BCUT2D eigenvalue weighted by atomic mass is 9.99. The van der Waals surface area contributed by atoms with Gasteiger partial charge < -0.3 is 9.13 Å². The van der Waals surface area contributed by atoms with Crippen LogP contribution in [0.1, 0.15) is 23.7 Å². The first-order valence-electron chi connectivity index (χ1n) is 25.3. The lowest BCUT2D eigenvalue weighted by Gasteiger charge is -2.15. The first kappa shape index (κ1) is 44.3. The van der Waals surface area contributed by atoms with E-state index in [0.29, 0.717) is 6.54 Å². The summed E-state index contributed by atoms with van der Waals surface area (Å²) in [4.78, 5) is 11.1. The number of nitrogens with zero attached hydrogens (tertiary/aromatic N) is 4. The average molecular weight is 947 g/mol. The Balaban J connectivity index is 1.08. The fourth-order valence-electron chi connectivity index (χ4n) is 11.4. The van der Waals surface area contributed by atoms with Crippen LogP contribution in [0.15, 0.2) is 261 Å². The topological polar surface area (TPSA) is 35.1 Å². The first-order valence-corrected chi connectivity index (χ1v) is 25.3. The molecule has 74 heavy (non-hydrogen) atoms. The van der Waals surface area contributed by atoms with Gasteiger partial charge >= 0.3 is 0 Å². The van der Waals surface area contributed by atoms with Crippen LogP contribution in [0.4, 0.5) is 0 Å². The highest BCUT2D eigenvalue weighted by molar-refractivity contribution is 6.26. The fourth-order valence-corrected chi connectivity index (χ4v) is 11.4. The molecule has 0 saturated carbocycles. The Labute approximate surface area is 429 Å². The lowest BCUT2D eigenvalue weighted by Crippen LogP contribution is -2.26. The van der Waals surface area contributed by atoms with Crippen molar-refractivity contribution in [1.29, 1.82) is 0 Å². The van der Waals surface area contributed by atoms with Gasteiger partial charge in [-0.2, -0.15) is 0 Å². The third-order valence-electron chi connectivity index (χ3n) is 14.8. The molecule has 0 radical (unpaired) electrons. The predicted octanol–water partition coefficient (Wildman–Crippen LogP) is 16.3. The van der Waals surface area contributed by atoms with E-state index >= 15 is 0 Å². The standard InChI is InChI=1S/C70H50N4/c1-4-21-47-22-6-10-29-52(47)46(3)64-44-51(45-65(72-64)58-37-20-28-50-25-9-13-32-55(50)58)74-67-39-17-15-34-61(67)69-68(74)41-40-60-59-33-14-16-38-66(59)73(70(60)69)43-42-63(57-36-19-27-49-24-8-12-31-54(49)57)71-62(5-2)56-35-18-26-48-23-7-11-30-53(48)56/h4-42,44-45H,1-2,43H2,3H3/b47-21-,52-46+,63-42-,71-62?. The van der Waals surface area contributed by atoms with Crippen molar-refractivity contribution in [2.45, 2.75) is 13.5 Å². The van der Waals surface area contributed by atoms with Crippen molar-refractivity contribution in [2.24, 2.45) is 4.99 Å². The summed E-state index contributed by atoms with van der Waals surface area (Å²) in [5.74, 6) is 0. The van der Waals surface area contributed by atoms with Gasteiger partial charge in [0.1, 0.15) is 0 Å². The zero-order valence-electron chi connectivity index (χ0n) is 41.1. The van der Waals surface area contributed by atoms with E-state index in [0.717, 1.165) is 105 Å². The molecule has 4 nitrogen and oxygen atoms in total. The van der Waals surface area contributed by atoms with Crippen molar-refractivity contribution in [3.05, 3.63) is 283 Å². The van der Waals surface area contributed by atoms with Gasteiger partial charge in [0.25, 0.3) is 0 Å². The monoisotopic (exact) mass is 946 g/mol. The molecular formula is C70H50N4. The number of hydrogen-bond acceptors (Lipinski definition) is 2. The van der Waals surface area contributed by atoms with Gasteiger partial charge in [-0.05, 0) is 97.7 Å². The predicted molar refractivity (Wildman–Crippen MR) is 316 cm³/mol. The van der Waals surface area contributed by atoms with Crippen LogP contribution in [0, 0.1) is 0 Å². The number of allylic oxidation sites excluding steroid dienone is 3. The zero-order valence-corrected chi connectivity index (χ0v) is 41.1. The molecule has 13 aromatic rings. The highest BCUT2D eigenvalue weighted by Crippen LogP contribution is 2.42. The average Bonchev–Trinajstić information content (AvgIpc) is 3.98. The highest BCUT2D eigenvalue weighted by atomic mass is 15.0. The summed E-state index contributed by atoms with van der Waals surface area (Å²) in [5.41, 5.74) is 13.4. The van der Waals surface area contributed by atoms with Crippen molar-refractivity contribution >= 4 is 99.0 Å². The van der Waals surface area contributed by atoms with Crippen LogP contribution in [0.25, 0.3) is 110 Å². The molecule has 0 unspecified atom stereocenters. The summed E-state index contributed by atoms with van der Waals surface area (Å²) in [6, 6.07) is 80.5. The van der Waals surface area contributed by atoms with Gasteiger partial charge in [0.2, 0.25) is 0 Å². The first-order chi connectivity index (χ1) is 36.6. The lowest BCUT2D eigenvalue weighted by molar-refractivity contribution is 0.902. The van der Waals surface area contributed by atoms with Crippen molar-refractivity contribution in [1.82, 2.24) is 14.1 Å². The van der Waals surface area contributed by atoms with E-state index in [9.17, 15) is 0 Å². The van der Waals surface area contributed by atoms with Crippen LogP contribution in [0.3, 0.4) is 0 Å². The van der Waals surface area contributed by atoms with Crippen molar-refractivity contribution < 1.29 is 0 Å². The molecule has 0 N–H and O–H groups in total. The van der Waals surface area contributed by atoms with E-state index in [-0.39, 0.29) is 0 Å². The Kier molecular flexibility index (Phi) is 11.1. The maximum Gasteiger partial charge on any atom is 0.0736 e. The minimum absolute atomic E-state index is 0.560. The maximum absolute atomic E-state index is 5.59. The van der Waals surface area contributed by atoms with Crippen LogP contribution in [0.5, 0.6) is 0 Å². The summed E-state index contributed by atoms with van der Waals surface area (Å²) < 4.78 is 4.95. The molecule has 0 spiro atoms. The van der Waals surface area contributed by atoms with Gasteiger partial charge in [0, 0.05) is 50.3 Å². The Morgan fingerprint density at radius 3 is 1.86 bits per heavy atom. The number of rotatable bonds is 10. The van der Waals surface area contributed by atoms with Crippen LogP contribution in [0.2, 0.25) is 0 Å². The second kappa shape index (κ2) is 18.5. The minimum Gasteiger partial charge on any atom is -0.336 e. The van der Waals surface area contributed by atoms with Gasteiger partial charge in [-0.1, -0.05) is 219 Å². The Bertz CT molecular complexity index is 4620.